The zero-order chi connectivity index (χ0) is 11.1. The number of hydrogen-bond donors (Lipinski definition) is 4. The van der Waals surface area contributed by atoms with Gasteiger partial charge in [0, 0.05) is 4.91 Å². The minimum atomic E-state index is -1.89. The van der Waals surface area contributed by atoms with Gasteiger partial charge in [-0.05, 0) is 5.53 Å². The number of nitrogens with zero attached hydrogens (tertiary/aromatic N) is 3. The molecule has 0 aliphatic carbocycles. The number of ketones is 1. The van der Waals surface area contributed by atoms with E-state index in [0.29, 0.717) is 0 Å². The van der Waals surface area contributed by atoms with Gasteiger partial charge < -0.3 is 20.4 Å². The van der Waals surface area contributed by atoms with Crippen molar-refractivity contribution in [3.05, 3.63) is 10.4 Å². The molecule has 0 aromatic heterocycles. The predicted molar refractivity (Wildman–Crippen MR) is 44.1 cm³/mol. The van der Waals surface area contributed by atoms with Crippen LogP contribution in [0.4, 0.5) is 0 Å². The summed E-state index contributed by atoms with van der Waals surface area (Å²) in [6.45, 7) is -1.40. The molecule has 8 nitrogen and oxygen atoms in total. The standard InChI is InChI=1S/C6H11N3O5/c7-9-8-1-3(11)5(13)6(14)4(12)2-10/h3,5-6,10-11,13-14H,1-2H2. The van der Waals surface area contributed by atoms with Gasteiger partial charge in [0.2, 0.25) is 0 Å². The zero-order valence-electron chi connectivity index (χ0n) is 7.19. The largest absolute Gasteiger partial charge is 0.390 e. The molecule has 0 aliphatic heterocycles. The van der Waals surface area contributed by atoms with Gasteiger partial charge in [0.05, 0.1) is 12.6 Å². The summed E-state index contributed by atoms with van der Waals surface area (Å²) >= 11 is 0. The third-order valence-corrected chi connectivity index (χ3v) is 1.54. The number of Topliss-reactive ketones (excluding diaryl/α,β-unsaturated/α-hetero) is 1. The fraction of sp³-hybridized carbons (Fsp3) is 0.833. The molecule has 14 heavy (non-hydrogen) atoms. The number of carbonyl (C=O) groups is 1. The molecule has 3 unspecified atom stereocenters. The van der Waals surface area contributed by atoms with Crippen LogP contribution in [0.5, 0.6) is 0 Å². The molecule has 0 aromatic rings. The molecule has 8 heteroatoms. The summed E-state index contributed by atoms with van der Waals surface area (Å²) in [7, 11) is 0. The van der Waals surface area contributed by atoms with Gasteiger partial charge in [-0.15, -0.1) is 0 Å². The number of aliphatic hydroxyl groups excluding tert-OH is 4. The fourth-order valence-corrected chi connectivity index (χ4v) is 0.723. The van der Waals surface area contributed by atoms with Crippen LogP contribution in [-0.4, -0.2) is 57.7 Å². The molecule has 80 valence electrons. The molecule has 0 bridgehead atoms. The first-order chi connectivity index (χ1) is 6.54. The maximum atomic E-state index is 10.7. The van der Waals surface area contributed by atoms with Gasteiger partial charge in [0.15, 0.2) is 5.78 Å². The van der Waals surface area contributed by atoms with Crippen LogP contribution in [0.1, 0.15) is 0 Å². The molecule has 0 spiro atoms. The Hall–Kier alpha value is -1.18. The zero-order valence-corrected chi connectivity index (χ0v) is 7.19. The summed E-state index contributed by atoms with van der Waals surface area (Å²) in [5.74, 6) is -1.02. The molecule has 0 saturated heterocycles. The molecule has 0 heterocycles. The smallest absolute Gasteiger partial charge is 0.189 e. The van der Waals surface area contributed by atoms with Crippen molar-refractivity contribution in [3.63, 3.8) is 0 Å². The SMILES string of the molecule is [N-]=[N+]=NCC(O)C(O)C(O)C(=O)CO. The van der Waals surface area contributed by atoms with E-state index in [1.165, 1.54) is 0 Å². The van der Waals surface area contributed by atoms with Crippen LogP contribution >= 0.6 is 0 Å². The summed E-state index contributed by atoms with van der Waals surface area (Å²) in [4.78, 5) is 13.0. The lowest BCUT2D eigenvalue weighted by atomic mass is 10.1. The van der Waals surface area contributed by atoms with Gasteiger partial charge in [-0.2, -0.15) is 0 Å². The quantitative estimate of drug-likeness (QED) is 0.223. The average molecular weight is 205 g/mol. The molecule has 3 atom stereocenters. The van der Waals surface area contributed by atoms with Crippen molar-refractivity contribution in [2.45, 2.75) is 18.3 Å². The van der Waals surface area contributed by atoms with E-state index >= 15 is 0 Å². The molecular formula is C6H11N3O5. The number of aliphatic hydroxyl groups is 4. The Labute approximate surface area is 79.0 Å². The van der Waals surface area contributed by atoms with E-state index in [2.05, 4.69) is 10.0 Å². The Bertz CT molecular complexity index is 240. The topological polar surface area (TPSA) is 147 Å². The van der Waals surface area contributed by atoms with Crippen LogP contribution in [0.15, 0.2) is 5.11 Å². The predicted octanol–water partition coefficient (Wildman–Crippen LogP) is -2.06. The van der Waals surface area contributed by atoms with Gasteiger partial charge in [0.25, 0.3) is 0 Å². The Morgan fingerprint density at radius 2 is 2.00 bits per heavy atom. The van der Waals surface area contributed by atoms with Crippen molar-refractivity contribution in [2.24, 2.45) is 5.11 Å². The van der Waals surface area contributed by atoms with Gasteiger partial charge >= 0.3 is 0 Å². The number of hydrogen-bond acceptors (Lipinski definition) is 6. The minimum Gasteiger partial charge on any atom is -0.390 e. The van der Waals surface area contributed by atoms with E-state index in [4.69, 9.17) is 26.0 Å². The molecule has 0 saturated carbocycles. The maximum Gasteiger partial charge on any atom is 0.189 e. The number of carbonyl (C=O) groups excluding carboxylic acids is 1. The minimum absolute atomic E-state index is 0.465. The highest BCUT2D eigenvalue weighted by Crippen LogP contribution is 2.02. The Morgan fingerprint density at radius 3 is 2.43 bits per heavy atom. The van der Waals surface area contributed by atoms with Gasteiger partial charge in [-0.1, -0.05) is 5.11 Å². The molecule has 0 amide bonds. The first-order valence-electron chi connectivity index (χ1n) is 3.73. The van der Waals surface area contributed by atoms with Crippen molar-refractivity contribution in [1.29, 1.82) is 0 Å². The molecule has 4 N–H and O–H groups in total. The highest BCUT2D eigenvalue weighted by atomic mass is 16.4. The molecule has 0 aromatic carbocycles. The maximum absolute atomic E-state index is 10.7. The van der Waals surface area contributed by atoms with Crippen LogP contribution < -0.4 is 0 Å². The van der Waals surface area contributed by atoms with E-state index in [0.717, 1.165) is 0 Å². The molecular weight excluding hydrogens is 194 g/mol. The Morgan fingerprint density at radius 1 is 1.43 bits per heavy atom. The van der Waals surface area contributed by atoms with E-state index in [-0.39, 0.29) is 0 Å². The van der Waals surface area contributed by atoms with Crippen LogP contribution in [0.25, 0.3) is 10.4 Å². The van der Waals surface area contributed by atoms with Gasteiger partial charge in [-0.3, -0.25) is 4.79 Å². The van der Waals surface area contributed by atoms with Gasteiger partial charge in [0.1, 0.15) is 18.8 Å². The second-order valence-corrected chi connectivity index (χ2v) is 2.54. The number of azide groups is 1. The van der Waals surface area contributed by atoms with Crippen LogP contribution in [0.3, 0.4) is 0 Å². The van der Waals surface area contributed by atoms with Crippen LogP contribution in [0.2, 0.25) is 0 Å². The van der Waals surface area contributed by atoms with Crippen molar-refractivity contribution in [2.75, 3.05) is 13.2 Å². The third-order valence-electron chi connectivity index (χ3n) is 1.54. The normalized spacial score (nSPS) is 16.6. The van der Waals surface area contributed by atoms with E-state index < -0.39 is 37.2 Å². The van der Waals surface area contributed by atoms with Crippen LogP contribution in [0, 0.1) is 0 Å². The molecule has 0 radical (unpaired) electrons. The summed E-state index contributed by atoms with van der Waals surface area (Å²) in [5.41, 5.74) is 7.89. The van der Waals surface area contributed by atoms with E-state index in [1.807, 2.05) is 0 Å². The van der Waals surface area contributed by atoms with Gasteiger partial charge in [-0.25, -0.2) is 0 Å². The van der Waals surface area contributed by atoms with Crippen LogP contribution in [-0.2, 0) is 4.79 Å². The molecule has 0 aliphatic rings. The van der Waals surface area contributed by atoms with Crippen molar-refractivity contribution in [3.8, 4) is 0 Å². The summed E-state index contributed by atoms with van der Waals surface area (Å²) in [6.07, 6.45) is -5.21. The number of rotatable bonds is 6. The van der Waals surface area contributed by atoms with Crippen molar-refractivity contribution < 1.29 is 25.2 Å². The Kier molecular flexibility index (Phi) is 5.77. The molecule has 0 fully saturated rings. The summed E-state index contributed by atoms with van der Waals surface area (Å²) < 4.78 is 0. The first kappa shape index (κ1) is 12.8. The monoisotopic (exact) mass is 205 g/mol. The molecule has 0 rings (SSSR count). The highest BCUT2D eigenvalue weighted by molar-refractivity contribution is 5.84. The lowest BCUT2D eigenvalue weighted by Crippen LogP contribution is -2.44. The Balaban J connectivity index is 4.22. The van der Waals surface area contributed by atoms with Crippen molar-refractivity contribution in [1.82, 2.24) is 0 Å². The summed E-state index contributed by atoms with van der Waals surface area (Å²) in [5, 5.41) is 38.4. The average Bonchev–Trinajstić information content (AvgIpc) is 2.22. The second-order valence-electron chi connectivity index (χ2n) is 2.54. The fourth-order valence-electron chi connectivity index (χ4n) is 0.723. The summed E-state index contributed by atoms with van der Waals surface area (Å²) in [6, 6.07) is 0. The first-order valence-corrected chi connectivity index (χ1v) is 3.73. The lowest BCUT2D eigenvalue weighted by Gasteiger charge is -2.19. The third kappa shape index (κ3) is 3.69. The second kappa shape index (κ2) is 6.30. The lowest BCUT2D eigenvalue weighted by molar-refractivity contribution is -0.140. The van der Waals surface area contributed by atoms with E-state index in [9.17, 15) is 4.79 Å². The van der Waals surface area contributed by atoms with Crippen molar-refractivity contribution >= 4 is 5.78 Å². The van der Waals surface area contributed by atoms with E-state index in [1.54, 1.807) is 0 Å². The highest BCUT2D eigenvalue weighted by Gasteiger charge is 2.28.